The van der Waals surface area contributed by atoms with Gasteiger partial charge in [0.15, 0.2) is 0 Å². The molecule has 3 nitrogen and oxygen atoms in total. The molecule has 2 aliphatic rings. The summed E-state index contributed by atoms with van der Waals surface area (Å²) in [5.41, 5.74) is -0.000459. The molecule has 0 aromatic heterocycles. The molecule has 0 radical (unpaired) electrons. The van der Waals surface area contributed by atoms with E-state index in [2.05, 4.69) is 37.9 Å². The number of nitrogens with one attached hydrogen (secondary N) is 1. The highest BCUT2D eigenvalue weighted by Crippen LogP contribution is 2.28. The van der Waals surface area contributed by atoms with Gasteiger partial charge in [0.05, 0.1) is 11.7 Å². The van der Waals surface area contributed by atoms with Crippen molar-refractivity contribution in [3.8, 4) is 0 Å². The maximum Gasteiger partial charge on any atom is 0.0757 e. The Morgan fingerprint density at radius 1 is 1.24 bits per heavy atom. The molecular weight excluding hydrogens is 260 g/mol. The van der Waals surface area contributed by atoms with Gasteiger partial charge in [-0.3, -0.25) is 4.90 Å². The van der Waals surface area contributed by atoms with Crippen LogP contribution < -0.4 is 5.32 Å². The van der Waals surface area contributed by atoms with E-state index in [0.717, 1.165) is 25.6 Å². The maximum absolute atomic E-state index is 6.05. The van der Waals surface area contributed by atoms with Gasteiger partial charge in [-0.05, 0) is 52.5 Å². The second kappa shape index (κ2) is 7.94. The molecule has 0 spiro atoms. The van der Waals surface area contributed by atoms with Crippen molar-refractivity contribution in [1.29, 1.82) is 0 Å². The summed E-state index contributed by atoms with van der Waals surface area (Å²) in [6.45, 7) is 13.4. The predicted octanol–water partition coefficient (Wildman–Crippen LogP) is 3.43. The van der Waals surface area contributed by atoms with Crippen LogP contribution in [0.4, 0.5) is 0 Å². The number of hydrogen-bond acceptors (Lipinski definition) is 3. The smallest absolute Gasteiger partial charge is 0.0757 e. The standard InChI is InChI=1S/C18H36N2O/c1-5-11-19-17(16-9-7-6-8-10-16)13-20-12-15(2)21-18(3,4)14-20/h15-17,19H,5-14H2,1-4H3. The normalized spacial score (nSPS) is 29.4. The van der Waals surface area contributed by atoms with Crippen LogP contribution in [-0.4, -0.2) is 48.8 Å². The van der Waals surface area contributed by atoms with E-state index in [1.54, 1.807) is 0 Å². The molecule has 0 bridgehead atoms. The predicted molar refractivity (Wildman–Crippen MR) is 89.7 cm³/mol. The van der Waals surface area contributed by atoms with Gasteiger partial charge >= 0.3 is 0 Å². The minimum absolute atomic E-state index is 0.000459. The van der Waals surface area contributed by atoms with Crippen molar-refractivity contribution in [2.75, 3.05) is 26.2 Å². The second-order valence-corrected chi connectivity index (χ2v) is 7.84. The number of morpholine rings is 1. The van der Waals surface area contributed by atoms with Crippen molar-refractivity contribution in [1.82, 2.24) is 10.2 Å². The molecule has 2 rings (SSSR count). The van der Waals surface area contributed by atoms with Crippen LogP contribution in [0.2, 0.25) is 0 Å². The number of nitrogens with zero attached hydrogens (tertiary/aromatic N) is 1. The molecule has 0 aromatic rings. The Labute approximate surface area is 131 Å². The van der Waals surface area contributed by atoms with Crippen molar-refractivity contribution in [3.63, 3.8) is 0 Å². The van der Waals surface area contributed by atoms with Gasteiger partial charge in [-0.25, -0.2) is 0 Å². The fraction of sp³-hybridized carbons (Fsp3) is 1.00. The van der Waals surface area contributed by atoms with Crippen LogP contribution in [0.1, 0.15) is 66.2 Å². The molecule has 1 aliphatic heterocycles. The van der Waals surface area contributed by atoms with Gasteiger partial charge in [-0.1, -0.05) is 26.2 Å². The summed E-state index contributed by atoms with van der Waals surface area (Å²) < 4.78 is 6.05. The lowest BCUT2D eigenvalue weighted by Gasteiger charge is -2.44. The average Bonchev–Trinajstić information content (AvgIpc) is 2.42. The molecule has 1 N–H and O–H groups in total. The molecule has 3 heteroatoms. The lowest BCUT2D eigenvalue weighted by molar-refractivity contribution is -0.130. The van der Waals surface area contributed by atoms with Gasteiger partial charge < -0.3 is 10.1 Å². The molecule has 1 heterocycles. The summed E-state index contributed by atoms with van der Waals surface area (Å²) in [6, 6.07) is 0.673. The van der Waals surface area contributed by atoms with Crippen molar-refractivity contribution in [3.05, 3.63) is 0 Å². The lowest BCUT2D eigenvalue weighted by atomic mass is 9.83. The highest BCUT2D eigenvalue weighted by Gasteiger charge is 2.33. The Bertz CT molecular complexity index is 300. The zero-order valence-electron chi connectivity index (χ0n) is 14.7. The van der Waals surface area contributed by atoms with E-state index in [-0.39, 0.29) is 5.60 Å². The molecule has 21 heavy (non-hydrogen) atoms. The molecule has 2 atom stereocenters. The summed E-state index contributed by atoms with van der Waals surface area (Å²) in [5, 5.41) is 3.85. The zero-order chi connectivity index (χ0) is 15.3. The SMILES string of the molecule is CCCNC(CN1CC(C)OC(C)(C)C1)C1CCCCC1. The van der Waals surface area contributed by atoms with Gasteiger partial charge in [0.2, 0.25) is 0 Å². The topological polar surface area (TPSA) is 24.5 Å². The van der Waals surface area contributed by atoms with E-state index < -0.39 is 0 Å². The van der Waals surface area contributed by atoms with Gasteiger partial charge in [0, 0.05) is 25.7 Å². The summed E-state index contributed by atoms with van der Waals surface area (Å²) >= 11 is 0. The average molecular weight is 296 g/mol. The molecule has 2 unspecified atom stereocenters. The molecular formula is C18H36N2O. The lowest BCUT2D eigenvalue weighted by Crippen LogP contribution is -2.56. The van der Waals surface area contributed by atoms with Crippen LogP contribution in [-0.2, 0) is 4.74 Å². The van der Waals surface area contributed by atoms with Crippen LogP contribution in [0, 0.1) is 5.92 Å². The first-order valence-corrected chi connectivity index (χ1v) is 9.14. The monoisotopic (exact) mass is 296 g/mol. The van der Waals surface area contributed by atoms with E-state index in [0.29, 0.717) is 12.1 Å². The Morgan fingerprint density at radius 2 is 1.95 bits per heavy atom. The molecule has 2 fully saturated rings. The van der Waals surface area contributed by atoms with E-state index in [1.807, 2.05) is 0 Å². The second-order valence-electron chi connectivity index (χ2n) is 7.84. The third kappa shape index (κ3) is 5.54. The Balaban J connectivity index is 1.93. The first-order valence-electron chi connectivity index (χ1n) is 9.14. The third-order valence-corrected chi connectivity index (χ3v) is 4.97. The summed E-state index contributed by atoms with van der Waals surface area (Å²) in [5.74, 6) is 0.881. The van der Waals surface area contributed by atoms with E-state index >= 15 is 0 Å². The summed E-state index contributed by atoms with van der Waals surface area (Å²) in [7, 11) is 0. The Kier molecular flexibility index (Phi) is 6.51. The highest BCUT2D eigenvalue weighted by molar-refractivity contribution is 4.88. The van der Waals surface area contributed by atoms with Crippen molar-refractivity contribution < 1.29 is 4.74 Å². The first kappa shape index (κ1) is 17.2. The first-order chi connectivity index (χ1) is 10.00. The Morgan fingerprint density at radius 3 is 2.57 bits per heavy atom. The van der Waals surface area contributed by atoms with Crippen molar-refractivity contribution in [2.24, 2.45) is 5.92 Å². The molecule has 1 saturated heterocycles. The molecule has 124 valence electrons. The minimum atomic E-state index is -0.000459. The van der Waals surface area contributed by atoms with E-state index in [9.17, 15) is 0 Å². The zero-order valence-corrected chi connectivity index (χ0v) is 14.7. The van der Waals surface area contributed by atoms with Crippen LogP contribution in [0.5, 0.6) is 0 Å². The van der Waals surface area contributed by atoms with Crippen molar-refractivity contribution in [2.45, 2.75) is 84.0 Å². The van der Waals surface area contributed by atoms with Gasteiger partial charge in [0.25, 0.3) is 0 Å². The van der Waals surface area contributed by atoms with E-state index in [1.165, 1.54) is 45.1 Å². The fourth-order valence-corrected chi connectivity index (χ4v) is 4.25. The van der Waals surface area contributed by atoms with Crippen LogP contribution in [0.15, 0.2) is 0 Å². The summed E-state index contributed by atoms with van der Waals surface area (Å²) in [6.07, 6.45) is 8.73. The van der Waals surface area contributed by atoms with Crippen LogP contribution >= 0.6 is 0 Å². The van der Waals surface area contributed by atoms with Crippen LogP contribution in [0.3, 0.4) is 0 Å². The molecule has 1 aliphatic carbocycles. The quantitative estimate of drug-likeness (QED) is 0.812. The fourth-order valence-electron chi connectivity index (χ4n) is 4.25. The maximum atomic E-state index is 6.05. The van der Waals surface area contributed by atoms with Crippen LogP contribution in [0.25, 0.3) is 0 Å². The van der Waals surface area contributed by atoms with Gasteiger partial charge in [-0.15, -0.1) is 0 Å². The molecule has 0 amide bonds. The van der Waals surface area contributed by atoms with Gasteiger partial charge in [0.1, 0.15) is 0 Å². The molecule has 1 saturated carbocycles. The highest BCUT2D eigenvalue weighted by atomic mass is 16.5. The van der Waals surface area contributed by atoms with Gasteiger partial charge in [-0.2, -0.15) is 0 Å². The van der Waals surface area contributed by atoms with E-state index in [4.69, 9.17) is 4.74 Å². The summed E-state index contributed by atoms with van der Waals surface area (Å²) in [4.78, 5) is 2.64. The largest absolute Gasteiger partial charge is 0.370 e. The number of rotatable bonds is 6. The number of ether oxygens (including phenoxy) is 1. The Hall–Kier alpha value is -0.120. The number of hydrogen-bond donors (Lipinski definition) is 1. The van der Waals surface area contributed by atoms with Crippen molar-refractivity contribution >= 4 is 0 Å². The molecule has 0 aromatic carbocycles. The minimum Gasteiger partial charge on any atom is -0.370 e. The third-order valence-electron chi connectivity index (χ3n) is 4.97.